The lowest BCUT2D eigenvalue weighted by Crippen LogP contribution is -2.27. The number of carbonyl (C=O) groups excluding carboxylic acids is 1. The molecule has 1 aromatic rings. The lowest BCUT2D eigenvalue weighted by molar-refractivity contribution is 0.0600. The van der Waals surface area contributed by atoms with Crippen molar-refractivity contribution in [2.24, 2.45) is 16.3 Å². The normalized spacial score (nSPS) is 22.7. The standard InChI is InChI=1S/C19H27NO2/c1-19(2,3)16-9-11-17(12-10-16)20-13-14-5-7-15(8-6-14)18(21)22-4/h5-8,13,16-17H,9-12H2,1-4H3/t16-,17-. The number of aliphatic imine (C=N–C) groups is 1. The van der Waals surface area contributed by atoms with Crippen LogP contribution in [0, 0.1) is 11.3 Å². The van der Waals surface area contributed by atoms with Crippen LogP contribution in [0.2, 0.25) is 0 Å². The molecule has 3 nitrogen and oxygen atoms in total. The van der Waals surface area contributed by atoms with Crippen LogP contribution in [0.5, 0.6) is 0 Å². The van der Waals surface area contributed by atoms with Gasteiger partial charge in [-0.1, -0.05) is 32.9 Å². The van der Waals surface area contributed by atoms with E-state index in [1.165, 1.54) is 32.8 Å². The van der Waals surface area contributed by atoms with Gasteiger partial charge in [-0.2, -0.15) is 0 Å². The van der Waals surface area contributed by atoms with Crippen molar-refractivity contribution in [1.82, 2.24) is 0 Å². The Bertz CT molecular complexity index is 517. The van der Waals surface area contributed by atoms with E-state index in [0.29, 0.717) is 17.0 Å². The zero-order chi connectivity index (χ0) is 16.2. The summed E-state index contributed by atoms with van der Waals surface area (Å²) in [6, 6.07) is 7.83. The maximum absolute atomic E-state index is 11.4. The van der Waals surface area contributed by atoms with E-state index in [0.717, 1.165) is 11.5 Å². The predicted octanol–water partition coefficient (Wildman–Crippen LogP) is 4.50. The van der Waals surface area contributed by atoms with Crippen LogP contribution in [0.1, 0.15) is 62.4 Å². The van der Waals surface area contributed by atoms with Gasteiger partial charge in [0.2, 0.25) is 0 Å². The Balaban J connectivity index is 1.89. The second kappa shape index (κ2) is 7.08. The minimum absolute atomic E-state index is 0.302. The van der Waals surface area contributed by atoms with Gasteiger partial charge in [0.05, 0.1) is 12.7 Å². The van der Waals surface area contributed by atoms with E-state index >= 15 is 0 Å². The van der Waals surface area contributed by atoms with Crippen molar-refractivity contribution in [3.8, 4) is 0 Å². The largest absolute Gasteiger partial charge is 0.465 e. The molecule has 120 valence electrons. The molecule has 3 heteroatoms. The fourth-order valence-electron chi connectivity index (χ4n) is 3.11. The van der Waals surface area contributed by atoms with Crippen molar-refractivity contribution in [2.75, 3.05) is 7.11 Å². The van der Waals surface area contributed by atoms with Crippen molar-refractivity contribution >= 4 is 12.2 Å². The van der Waals surface area contributed by atoms with Crippen LogP contribution in [0.3, 0.4) is 0 Å². The Kier molecular flexibility index (Phi) is 5.38. The van der Waals surface area contributed by atoms with Gasteiger partial charge < -0.3 is 4.74 Å². The molecule has 22 heavy (non-hydrogen) atoms. The highest BCUT2D eigenvalue weighted by Crippen LogP contribution is 2.38. The molecule has 0 saturated heterocycles. The number of carbonyl (C=O) groups is 1. The second-order valence-electron chi connectivity index (χ2n) is 7.26. The van der Waals surface area contributed by atoms with Crippen molar-refractivity contribution in [3.63, 3.8) is 0 Å². The SMILES string of the molecule is COC(=O)c1ccc(C=N[C@H]2CC[C@H](C(C)(C)C)CC2)cc1. The molecule has 0 unspecified atom stereocenters. The first-order valence-corrected chi connectivity index (χ1v) is 8.11. The monoisotopic (exact) mass is 301 g/mol. The highest BCUT2D eigenvalue weighted by molar-refractivity contribution is 5.90. The summed E-state index contributed by atoms with van der Waals surface area (Å²) in [6.45, 7) is 7.01. The van der Waals surface area contributed by atoms with Gasteiger partial charge >= 0.3 is 5.97 Å². The molecule has 1 fully saturated rings. The van der Waals surface area contributed by atoms with E-state index in [9.17, 15) is 4.79 Å². The lowest BCUT2D eigenvalue weighted by atomic mass is 9.71. The quantitative estimate of drug-likeness (QED) is 0.609. The minimum Gasteiger partial charge on any atom is -0.465 e. The maximum atomic E-state index is 11.4. The molecule has 0 bridgehead atoms. The Labute approximate surface area is 133 Å². The van der Waals surface area contributed by atoms with Crippen LogP contribution in [0.4, 0.5) is 0 Å². The molecule has 0 radical (unpaired) electrons. The van der Waals surface area contributed by atoms with Gasteiger partial charge in [0, 0.05) is 12.3 Å². The van der Waals surface area contributed by atoms with Gasteiger partial charge in [-0.25, -0.2) is 4.79 Å². The topological polar surface area (TPSA) is 38.7 Å². The van der Waals surface area contributed by atoms with E-state index in [2.05, 4.69) is 20.8 Å². The van der Waals surface area contributed by atoms with Crippen LogP contribution < -0.4 is 0 Å². The Morgan fingerprint density at radius 2 is 1.73 bits per heavy atom. The summed E-state index contributed by atoms with van der Waals surface area (Å²) in [5, 5.41) is 0. The molecule has 0 heterocycles. The van der Waals surface area contributed by atoms with Crippen LogP contribution in [-0.4, -0.2) is 25.3 Å². The second-order valence-corrected chi connectivity index (χ2v) is 7.26. The van der Waals surface area contributed by atoms with Gasteiger partial charge in [0.15, 0.2) is 0 Å². The van der Waals surface area contributed by atoms with Gasteiger partial charge in [0.25, 0.3) is 0 Å². The number of nitrogens with zero attached hydrogens (tertiary/aromatic N) is 1. The van der Waals surface area contributed by atoms with Crippen molar-refractivity contribution in [3.05, 3.63) is 35.4 Å². The van der Waals surface area contributed by atoms with Gasteiger partial charge in [0.1, 0.15) is 0 Å². The average molecular weight is 301 g/mol. The molecule has 2 rings (SSSR count). The molecule has 1 aliphatic rings. The van der Waals surface area contributed by atoms with E-state index in [1.807, 2.05) is 18.3 Å². The summed E-state index contributed by atoms with van der Waals surface area (Å²) in [4.78, 5) is 16.1. The molecule has 1 saturated carbocycles. The first kappa shape index (κ1) is 16.7. The fraction of sp³-hybridized carbons (Fsp3) is 0.579. The summed E-state index contributed by atoms with van der Waals surface area (Å²) in [5.74, 6) is 0.516. The first-order chi connectivity index (χ1) is 10.4. The van der Waals surface area contributed by atoms with E-state index < -0.39 is 0 Å². The first-order valence-electron chi connectivity index (χ1n) is 8.11. The van der Waals surface area contributed by atoms with E-state index in [1.54, 1.807) is 12.1 Å². The smallest absolute Gasteiger partial charge is 0.337 e. The lowest BCUT2D eigenvalue weighted by Gasteiger charge is -2.35. The zero-order valence-corrected chi connectivity index (χ0v) is 14.1. The maximum Gasteiger partial charge on any atom is 0.337 e. The molecular weight excluding hydrogens is 274 g/mol. The number of methoxy groups -OCH3 is 1. The van der Waals surface area contributed by atoms with Crippen LogP contribution in [-0.2, 0) is 4.74 Å². The number of ether oxygens (including phenoxy) is 1. The minimum atomic E-state index is -0.302. The highest BCUT2D eigenvalue weighted by Gasteiger charge is 2.29. The Hall–Kier alpha value is -1.64. The molecule has 0 aliphatic heterocycles. The average Bonchev–Trinajstić information content (AvgIpc) is 2.52. The molecule has 0 amide bonds. The van der Waals surface area contributed by atoms with Gasteiger partial charge in [-0.15, -0.1) is 0 Å². The molecular formula is C19H27NO2. The molecule has 1 aromatic carbocycles. The van der Waals surface area contributed by atoms with E-state index in [4.69, 9.17) is 9.73 Å². The molecule has 0 N–H and O–H groups in total. The number of hydrogen-bond donors (Lipinski definition) is 0. The van der Waals surface area contributed by atoms with Crippen molar-refractivity contribution in [1.29, 1.82) is 0 Å². The van der Waals surface area contributed by atoms with Crippen molar-refractivity contribution in [2.45, 2.75) is 52.5 Å². The third-order valence-electron chi connectivity index (χ3n) is 4.69. The summed E-state index contributed by atoms with van der Waals surface area (Å²) in [7, 11) is 1.39. The summed E-state index contributed by atoms with van der Waals surface area (Å²) in [6.07, 6.45) is 6.83. The Morgan fingerprint density at radius 3 is 2.23 bits per heavy atom. The molecule has 0 atom stereocenters. The Morgan fingerprint density at radius 1 is 1.14 bits per heavy atom. The van der Waals surface area contributed by atoms with Crippen LogP contribution in [0.15, 0.2) is 29.3 Å². The molecule has 0 aromatic heterocycles. The number of rotatable bonds is 3. The third kappa shape index (κ3) is 4.43. The number of esters is 1. The molecule has 1 aliphatic carbocycles. The van der Waals surface area contributed by atoms with Crippen LogP contribution >= 0.6 is 0 Å². The van der Waals surface area contributed by atoms with Gasteiger partial charge in [-0.05, 0) is 54.7 Å². The summed E-state index contributed by atoms with van der Waals surface area (Å²) < 4.78 is 4.70. The predicted molar refractivity (Wildman–Crippen MR) is 90.6 cm³/mol. The van der Waals surface area contributed by atoms with Crippen molar-refractivity contribution < 1.29 is 9.53 Å². The number of benzene rings is 1. The summed E-state index contributed by atoms with van der Waals surface area (Å²) in [5.41, 5.74) is 2.02. The molecule has 0 spiro atoms. The number of hydrogen-bond acceptors (Lipinski definition) is 3. The highest BCUT2D eigenvalue weighted by atomic mass is 16.5. The van der Waals surface area contributed by atoms with Crippen LogP contribution in [0.25, 0.3) is 0 Å². The van der Waals surface area contributed by atoms with Gasteiger partial charge in [-0.3, -0.25) is 4.99 Å². The summed E-state index contributed by atoms with van der Waals surface area (Å²) >= 11 is 0. The van der Waals surface area contributed by atoms with E-state index in [-0.39, 0.29) is 5.97 Å². The third-order valence-corrected chi connectivity index (χ3v) is 4.69. The fourth-order valence-corrected chi connectivity index (χ4v) is 3.11. The zero-order valence-electron chi connectivity index (χ0n) is 14.1.